The maximum atomic E-state index is 12.2. The predicted octanol–water partition coefficient (Wildman–Crippen LogP) is 2.47. The van der Waals surface area contributed by atoms with Gasteiger partial charge >= 0.3 is 0 Å². The van der Waals surface area contributed by atoms with Crippen molar-refractivity contribution in [3.05, 3.63) is 71.8 Å². The van der Waals surface area contributed by atoms with Crippen molar-refractivity contribution in [3.8, 4) is 5.69 Å². The molecule has 2 heterocycles. The summed E-state index contributed by atoms with van der Waals surface area (Å²) in [6, 6.07) is 13.5. The van der Waals surface area contributed by atoms with Crippen molar-refractivity contribution < 1.29 is 4.79 Å². The number of amides is 1. The van der Waals surface area contributed by atoms with Gasteiger partial charge in [-0.1, -0.05) is 24.3 Å². The van der Waals surface area contributed by atoms with Crippen LogP contribution in [0.4, 0.5) is 0 Å². The zero-order valence-corrected chi connectivity index (χ0v) is 13.1. The van der Waals surface area contributed by atoms with E-state index in [0.29, 0.717) is 18.2 Å². The van der Waals surface area contributed by atoms with Gasteiger partial charge < -0.3 is 5.32 Å². The van der Waals surface area contributed by atoms with Gasteiger partial charge in [-0.25, -0.2) is 0 Å². The van der Waals surface area contributed by atoms with E-state index in [2.05, 4.69) is 20.5 Å². The summed E-state index contributed by atoms with van der Waals surface area (Å²) < 4.78 is 0. The lowest BCUT2D eigenvalue weighted by atomic mass is 10.2. The van der Waals surface area contributed by atoms with Gasteiger partial charge in [-0.3, -0.25) is 9.78 Å². The second-order valence-electron chi connectivity index (χ2n) is 5.90. The summed E-state index contributed by atoms with van der Waals surface area (Å²) in [6.45, 7) is 0.426. The zero-order valence-electron chi connectivity index (χ0n) is 13.1. The van der Waals surface area contributed by atoms with Crippen LogP contribution in [-0.4, -0.2) is 25.9 Å². The Bertz CT molecular complexity index is 837. The molecule has 3 aromatic rings. The van der Waals surface area contributed by atoms with Crippen molar-refractivity contribution in [1.82, 2.24) is 25.3 Å². The molecule has 120 valence electrons. The van der Waals surface area contributed by atoms with E-state index in [9.17, 15) is 4.79 Å². The highest BCUT2D eigenvalue weighted by Gasteiger charge is 2.24. The summed E-state index contributed by atoms with van der Waals surface area (Å²) in [6.07, 6.45) is 5.77. The van der Waals surface area contributed by atoms with E-state index in [-0.39, 0.29) is 5.91 Å². The van der Waals surface area contributed by atoms with Crippen molar-refractivity contribution in [2.24, 2.45) is 0 Å². The second kappa shape index (κ2) is 6.23. The molecule has 1 aliphatic rings. The average Bonchev–Trinajstić information content (AvgIpc) is 3.37. The van der Waals surface area contributed by atoms with Gasteiger partial charge in [0.25, 0.3) is 5.91 Å². The molecule has 0 unspecified atom stereocenters. The molecule has 1 N–H and O–H groups in total. The Morgan fingerprint density at radius 1 is 1.12 bits per heavy atom. The van der Waals surface area contributed by atoms with Crippen LogP contribution in [0.15, 0.2) is 54.9 Å². The Hall–Kier alpha value is -3.02. The number of rotatable bonds is 5. The first-order valence-electron chi connectivity index (χ1n) is 8.00. The van der Waals surface area contributed by atoms with Crippen molar-refractivity contribution in [3.63, 3.8) is 0 Å². The van der Waals surface area contributed by atoms with E-state index in [1.54, 1.807) is 0 Å². The van der Waals surface area contributed by atoms with Crippen molar-refractivity contribution >= 4 is 5.91 Å². The first-order valence-corrected chi connectivity index (χ1v) is 8.00. The molecule has 1 amide bonds. The van der Waals surface area contributed by atoms with Crippen LogP contribution in [0.5, 0.6) is 0 Å². The molecule has 0 saturated heterocycles. The maximum absolute atomic E-state index is 12.2. The van der Waals surface area contributed by atoms with E-state index in [0.717, 1.165) is 16.9 Å². The third-order valence-corrected chi connectivity index (χ3v) is 4.01. The second-order valence-corrected chi connectivity index (χ2v) is 5.90. The minimum Gasteiger partial charge on any atom is -0.346 e. The third kappa shape index (κ3) is 3.17. The number of hydrogen-bond acceptors (Lipinski definition) is 4. The minimum atomic E-state index is -0.247. The molecule has 1 fully saturated rings. The number of carbonyl (C=O) groups is 1. The van der Waals surface area contributed by atoms with Gasteiger partial charge in [-0.2, -0.15) is 9.90 Å². The lowest BCUT2D eigenvalue weighted by Crippen LogP contribution is -2.23. The van der Waals surface area contributed by atoms with E-state index in [1.165, 1.54) is 23.8 Å². The number of nitrogens with one attached hydrogen (secondary N) is 1. The normalized spacial score (nSPS) is 13.7. The average molecular weight is 319 g/mol. The Balaban J connectivity index is 1.38. The number of aromatic nitrogens is 4. The number of hydrogen-bond donors (Lipinski definition) is 1. The highest BCUT2D eigenvalue weighted by molar-refractivity contribution is 5.91. The van der Waals surface area contributed by atoms with Crippen LogP contribution in [0.3, 0.4) is 0 Å². The predicted molar refractivity (Wildman–Crippen MR) is 88.7 cm³/mol. The Kier molecular flexibility index (Phi) is 3.78. The Morgan fingerprint density at radius 2 is 1.96 bits per heavy atom. The number of pyridine rings is 1. The molecule has 1 aromatic carbocycles. The number of nitrogens with zero attached hydrogens (tertiary/aromatic N) is 4. The molecule has 2 aromatic heterocycles. The summed E-state index contributed by atoms with van der Waals surface area (Å²) in [5, 5.41) is 11.2. The van der Waals surface area contributed by atoms with Gasteiger partial charge in [0.2, 0.25) is 0 Å². The fourth-order valence-electron chi connectivity index (χ4n) is 2.49. The Labute approximate surface area is 139 Å². The minimum absolute atomic E-state index is 0.247. The standard InChI is InChI=1S/C18H17N5O/c24-18(17-12-21-23(22-17)15-4-2-1-3-5-15)20-11-13-6-9-16(19-10-13)14-7-8-14/h1-6,9-10,12,14H,7-8,11H2,(H,20,24). The summed E-state index contributed by atoms with van der Waals surface area (Å²) in [5.74, 6) is 0.394. The highest BCUT2D eigenvalue weighted by Crippen LogP contribution is 2.38. The maximum Gasteiger partial charge on any atom is 0.273 e. The fraction of sp³-hybridized carbons (Fsp3) is 0.222. The van der Waals surface area contributed by atoms with Crippen molar-refractivity contribution in [1.29, 1.82) is 0 Å². The topological polar surface area (TPSA) is 72.7 Å². The molecular formula is C18H17N5O. The summed E-state index contributed by atoms with van der Waals surface area (Å²) >= 11 is 0. The number of carbonyl (C=O) groups excluding carboxylic acids is 1. The molecule has 1 saturated carbocycles. The largest absolute Gasteiger partial charge is 0.346 e. The van der Waals surface area contributed by atoms with E-state index < -0.39 is 0 Å². The van der Waals surface area contributed by atoms with Crippen LogP contribution >= 0.6 is 0 Å². The van der Waals surface area contributed by atoms with Crippen LogP contribution in [0, 0.1) is 0 Å². The van der Waals surface area contributed by atoms with Crippen LogP contribution in [-0.2, 0) is 6.54 Å². The summed E-state index contributed by atoms with van der Waals surface area (Å²) in [7, 11) is 0. The lowest BCUT2D eigenvalue weighted by Gasteiger charge is -2.04. The molecule has 6 heteroatoms. The molecule has 6 nitrogen and oxygen atoms in total. The van der Waals surface area contributed by atoms with Gasteiger partial charge in [0.1, 0.15) is 0 Å². The first kappa shape index (κ1) is 14.6. The molecule has 0 radical (unpaired) electrons. The van der Waals surface area contributed by atoms with E-state index >= 15 is 0 Å². The lowest BCUT2D eigenvalue weighted by molar-refractivity contribution is 0.0945. The quantitative estimate of drug-likeness (QED) is 0.784. The molecule has 4 rings (SSSR count). The van der Waals surface area contributed by atoms with Crippen LogP contribution < -0.4 is 5.32 Å². The fourth-order valence-corrected chi connectivity index (χ4v) is 2.49. The van der Waals surface area contributed by atoms with E-state index in [1.807, 2.05) is 48.7 Å². The third-order valence-electron chi connectivity index (χ3n) is 4.01. The zero-order chi connectivity index (χ0) is 16.4. The van der Waals surface area contributed by atoms with Crippen LogP contribution in [0.1, 0.15) is 40.5 Å². The monoisotopic (exact) mass is 319 g/mol. The van der Waals surface area contributed by atoms with Crippen LogP contribution in [0.25, 0.3) is 5.69 Å². The molecule has 1 aliphatic carbocycles. The SMILES string of the molecule is O=C(NCc1ccc(C2CC2)nc1)c1cnn(-c2ccccc2)n1. The van der Waals surface area contributed by atoms with Crippen molar-refractivity contribution in [2.75, 3.05) is 0 Å². The summed E-state index contributed by atoms with van der Waals surface area (Å²) in [5.41, 5.74) is 3.23. The number of benzene rings is 1. The van der Waals surface area contributed by atoms with Crippen LogP contribution in [0.2, 0.25) is 0 Å². The van der Waals surface area contributed by atoms with Gasteiger partial charge in [0.05, 0.1) is 11.9 Å². The smallest absolute Gasteiger partial charge is 0.273 e. The Morgan fingerprint density at radius 3 is 2.67 bits per heavy atom. The van der Waals surface area contributed by atoms with Gasteiger partial charge in [0.15, 0.2) is 5.69 Å². The molecule has 0 aliphatic heterocycles. The molecule has 0 spiro atoms. The summed E-state index contributed by atoms with van der Waals surface area (Å²) in [4.78, 5) is 18.1. The van der Waals surface area contributed by atoms with Gasteiger partial charge in [-0.15, -0.1) is 5.10 Å². The first-order chi connectivity index (χ1) is 11.8. The molecule has 24 heavy (non-hydrogen) atoms. The molecular weight excluding hydrogens is 302 g/mol. The van der Waals surface area contributed by atoms with E-state index in [4.69, 9.17) is 0 Å². The van der Waals surface area contributed by atoms with Gasteiger partial charge in [-0.05, 0) is 36.6 Å². The van der Waals surface area contributed by atoms with Crippen molar-refractivity contribution in [2.45, 2.75) is 25.3 Å². The molecule has 0 atom stereocenters. The molecule has 0 bridgehead atoms. The number of para-hydroxylation sites is 1. The van der Waals surface area contributed by atoms with Gasteiger partial charge in [0, 0.05) is 24.4 Å². The highest BCUT2D eigenvalue weighted by atomic mass is 16.2.